The number of halogens is 3. The molecule has 3 rings (SSSR count). The molecule has 0 fully saturated rings. The van der Waals surface area contributed by atoms with Crippen LogP contribution in [0, 0.1) is 0 Å². The number of carboxylic acids is 1. The van der Waals surface area contributed by atoms with E-state index in [4.69, 9.17) is 5.11 Å². The maximum Gasteiger partial charge on any atom is 0.408 e. The van der Waals surface area contributed by atoms with Gasteiger partial charge in [-0.1, -0.05) is 48.5 Å². The van der Waals surface area contributed by atoms with Crippen LogP contribution < -0.4 is 10.6 Å². The van der Waals surface area contributed by atoms with Crippen LogP contribution in [0.2, 0.25) is 0 Å². The second-order valence-corrected chi connectivity index (χ2v) is 8.65. The topological polar surface area (TPSA) is 111 Å². The number of aromatic nitrogens is 1. The van der Waals surface area contributed by atoms with Crippen molar-refractivity contribution in [3.05, 3.63) is 71.9 Å². The van der Waals surface area contributed by atoms with Crippen molar-refractivity contribution in [1.82, 2.24) is 15.6 Å². The Kier molecular flexibility index (Phi) is 8.44. The number of benzene rings is 2. The Morgan fingerprint density at radius 2 is 1.60 bits per heavy atom. The number of amides is 2. The number of aliphatic carboxylic acids is 1. The lowest BCUT2D eigenvalue weighted by atomic mass is 10.0. The van der Waals surface area contributed by atoms with Gasteiger partial charge >= 0.3 is 12.1 Å². The standard InChI is InChI=1S/C24H24F3N3O4S/c25-24(26,27)20(11-15-13-28-17-9-5-4-8-16(15)17)30-22(33)18(12-21(31)32)29-23(34)19(35)10-14-6-2-1-3-7-14/h1-9,13,18-20,28,35H,10-12H2,(H,29,34)(H,30,33)(H,31,32)/t18?,19-,20-/m0/s1. The maximum absolute atomic E-state index is 13.8. The van der Waals surface area contributed by atoms with Gasteiger partial charge in [0.05, 0.1) is 11.7 Å². The molecule has 0 aliphatic heterocycles. The molecule has 3 atom stereocenters. The summed E-state index contributed by atoms with van der Waals surface area (Å²) in [7, 11) is 0. The van der Waals surface area contributed by atoms with Crippen LogP contribution in [0.3, 0.4) is 0 Å². The lowest BCUT2D eigenvalue weighted by molar-refractivity contribution is -0.162. The number of hydrogen-bond acceptors (Lipinski definition) is 4. The highest BCUT2D eigenvalue weighted by Crippen LogP contribution is 2.27. The lowest BCUT2D eigenvalue weighted by Gasteiger charge is -2.25. The Bertz CT molecular complexity index is 1180. The van der Waals surface area contributed by atoms with Crippen molar-refractivity contribution < 1.29 is 32.7 Å². The Hall–Kier alpha value is -3.47. The van der Waals surface area contributed by atoms with E-state index < -0.39 is 54.1 Å². The van der Waals surface area contributed by atoms with Crippen molar-refractivity contribution in [3.8, 4) is 0 Å². The van der Waals surface area contributed by atoms with E-state index >= 15 is 0 Å². The van der Waals surface area contributed by atoms with E-state index in [9.17, 15) is 27.6 Å². The molecule has 7 nitrogen and oxygen atoms in total. The van der Waals surface area contributed by atoms with E-state index in [1.165, 1.54) is 6.20 Å². The minimum Gasteiger partial charge on any atom is -0.481 e. The van der Waals surface area contributed by atoms with Crippen LogP contribution in [0.25, 0.3) is 10.9 Å². The molecule has 0 radical (unpaired) electrons. The first-order chi connectivity index (χ1) is 16.5. The highest BCUT2D eigenvalue weighted by atomic mass is 32.1. The van der Waals surface area contributed by atoms with Crippen LogP contribution in [0.15, 0.2) is 60.8 Å². The molecular weight excluding hydrogens is 483 g/mol. The zero-order valence-corrected chi connectivity index (χ0v) is 19.3. The van der Waals surface area contributed by atoms with Crippen molar-refractivity contribution in [2.24, 2.45) is 0 Å². The van der Waals surface area contributed by atoms with Gasteiger partial charge in [-0.2, -0.15) is 25.8 Å². The Morgan fingerprint density at radius 1 is 0.943 bits per heavy atom. The van der Waals surface area contributed by atoms with Crippen molar-refractivity contribution in [2.75, 3.05) is 0 Å². The molecule has 2 aromatic carbocycles. The molecule has 0 bridgehead atoms. The van der Waals surface area contributed by atoms with Gasteiger partial charge in [0.25, 0.3) is 0 Å². The first kappa shape index (κ1) is 26.1. The summed E-state index contributed by atoms with van der Waals surface area (Å²) in [6, 6.07) is 11.6. The highest BCUT2D eigenvalue weighted by Gasteiger charge is 2.42. The Labute approximate surface area is 204 Å². The largest absolute Gasteiger partial charge is 0.481 e. The van der Waals surface area contributed by atoms with Crippen molar-refractivity contribution in [1.29, 1.82) is 0 Å². The van der Waals surface area contributed by atoms with Gasteiger partial charge in [-0.3, -0.25) is 14.4 Å². The van der Waals surface area contributed by atoms with E-state index in [0.717, 1.165) is 5.56 Å². The minimum absolute atomic E-state index is 0.183. The second-order valence-electron chi connectivity index (χ2n) is 8.03. The summed E-state index contributed by atoms with van der Waals surface area (Å²) in [4.78, 5) is 39.4. The predicted molar refractivity (Wildman–Crippen MR) is 127 cm³/mol. The number of rotatable bonds is 10. The monoisotopic (exact) mass is 507 g/mol. The van der Waals surface area contributed by atoms with Crippen molar-refractivity contribution >= 4 is 41.3 Å². The van der Waals surface area contributed by atoms with Gasteiger partial charge in [0.1, 0.15) is 12.1 Å². The SMILES string of the molecule is O=C(O)CC(NC(=O)[C@@H](S)Cc1ccccc1)C(=O)N[C@@H](Cc1c[nH]c2ccccc12)C(F)(F)F. The van der Waals surface area contributed by atoms with E-state index in [-0.39, 0.29) is 6.42 Å². The number of thiol groups is 1. The fourth-order valence-electron chi connectivity index (χ4n) is 3.62. The smallest absolute Gasteiger partial charge is 0.408 e. The summed E-state index contributed by atoms with van der Waals surface area (Å²) >= 11 is 4.20. The Balaban J connectivity index is 1.73. The Morgan fingerprint density at radius 3 is 2.26 bits per heavy atom. The summed E-state index contributed by atoms with van der Waals surface area (Å²) in [5.74, 6) is -3.47. The molecule has 4 N–H and O–H groups in total. The number of alkyl halides is 3. The summed E-state index contributed by atoms with van der Waals surface area (Å²) in [5, 5.41) is 12.9. The van der Waals surface area contributed by atoms with Gasteiger partial charge in [-0.25, -0.2) is 0 Å². The normalized spacial score (nSPS) is 14.2. The summed E-state index contributed by atoms with van der Waals surface area (Å²) in [5.41, 5.74) is 1.75. The zero-order valence-electron chi connectivity index (χ0n) is 18.4. The van der Waals surface area contributed by atoms with Gasteiger partial charge in [0.2, 0.25) is 11.8 Å². The van der Waals surface area contributed by atoms with E-state index in [1.54, 1.807) is 54.6 Å². The summed E-state index contributed by atoms with van der Waals surface area (Å²) in [6.45, 7) is 0. The molecule has 0 saturated carbocycles. The number of carboxylic acid groups (broad SMARTS) is 1. The molecule has 3 aromatic rings. The molecule has 1 heterocycles. The molecule has 1 aromatic heterocycles. The van der Waals surface area contributed by atoms with Gasteiger partial charge in [0, 0.05) is 23.5 Å². The first-order valence-corrected chi connectivity index (χ1v) is 11.2. The molecule has 11 heteroatoms. The van der Waals surface area contributed by atoms with Crippen LogP contribution in [-0.2, 0) is 27.2 Å². The molecule has 0 aliphatic carbocycles. The van der Waals surface area contributed by atoms with Gasteiger partial charge in [0.15, 0.2) is 0 Å². The number of carbonyl (C=O) groups is 3. The van der Waals surface area contributed by atoms with Crippen LogP contribution >= 0.6 is 12.6 Å². The molecule has 0 aliphatic rings. The third kappa shape index (κ3) is 7.25. The zero-order chi connectivity index (χ0) is 25.6. The van der Waals surface area contributed by atoms with Gasteiger partial charge < -0.3 is 20.7 Å². The van der Waals surface area contributed by atoms with Gasteiger partial charge in [-0.15, -0.1) is 0 Å². The number of H-pyrrole nitrogens is 1. The molecule has 0 saturated heterocycles. The van der Waals surface area contributed by atoms with Crippen LogP contribution in [-0.4, -0.2) is 51.4 Å². The fourth-order valence-corrected chi connectivity index (χ4v) is 3.91. The molecule has 0 spiro atoms. The number of nitrogens with one attached hydrogen (secondary N) is 3. The van der Waals surface area contributed by atoms with E-state index in [1.807, 2.05) is 5.32 Å². The molecule has 35 heavy (non-hydrogen) atoms. The fraction of sp³-hybridized carbons (Fsp3) is 0.292. The van der Waals surface area contributed by atoms with Crippen LogP contribution in [0.4, 0.5) is 13.2 Å². The average molecular weight is 508 g/mol. The van der Waals surface area contributed by atoms with E-state index in [0.29, 0.717) is 16.5 Å². The molecular formula is C24H24F3N3O4S. The quantitative estimate of drug-likeness (QED) is 0.271. The third-order valence-electron chi connectivity index (χ3n) is 5.40. The third-order valence-corrected chi connectivity index (χ3v) is 5.81. The molecule has 186 valence electrons. The second kappa shape index (κ2) is 11.3. The van der Waals surface area contributed by atoms with E-state index in [2.05, 4.69) is 22.9 Å². The molecule has 1 unspecified atom stereocenters. The highest BCUT2D eigenvalue weighted by molar-refractivity contribution is 7.81. The maximum atomic E-state index is 13.8. The number of aromatic amines is 1. The number of para-hydroxylation sites is 1. The summed E-state index contributed by atoms with van der Waals surface area (Å²) in [6.07, 6.45) is -4.66. The number of fused-ring (bicyclic) bond motifs is 1. The van der Waals surface area contributed by atoms with Crippen molar-refractivity contribution in [2.45, 2.75) is 42.8 Å². The average Bonchev–Trinajstić information content (AvgIpc) is 3.20. The van der Waals surface area contributed by atoms with Crippen LogP contribution in [0.1, 0.15) is 17.5 Å². The first-order valence-electron chi connectivity index (χ1n) is 10.7. The predicted octanol–water partition coefficient (Wildman–Crippen LogP) is 3.26. The number of hydrogen-bond donors (Lipinski definition) is 5. The molecule has 2 amide bonds. The number of carbonyl (C=O) groups excluding carboxylic acids is 2. The van der Waals surface area contributed by atoms with Gasteiger partial charge in [-0.05, 0) is 23.6 Å². The summed E-state index contributed by atoms with van der Waals surface area (Å²) < 4.78 is 41.4. The lowest BCUT2D eigenvalue weighted by Crippen LogP contribution is -2.55. The van der Waals surface area contributed by atoms with Crippen molar-refractivity contribution in [3.63, 3.8) is 0 Å². The van der Waals surface area contributed by atoms with Crippen LogP contribution in [0.5, 0.6) is 0 Å². The minimum atomic E-state index is -4.81.